The van der Waals surface area contributed by atoms with E-state index < -0.39 is 11.8 Å². The summed E-state index contributed by atoms with van der Waals surface area (Å²) in [6.07, 6.45) is 3.31. The Morgan fingerprint density at radius 2 is 1.19 bits per heavy atom. The van der Waals surface area contributed by atoms with Crippen LogP contribution in [-0.2, 0) is 0 Å². The van der Waals surface area contributed by atoms with E-state index in [0.717, 1.165) is 11.1 Å². The van der Waals surface area contributed by atoms with Crippen LogP contribution in [0.1, 0.15) is 32.1 Å². The third-order valence-electron chi connectivity index (χ3n) is 3.52. The van der Waals surface area contributed by atoms with Crippen molar-refractivity contribution in [1.29, 1.82) is 0 Å². The van der Waals surface area contributed by atoms with Gasteiger partial charge >= 0.3 is 0 Å². The van der Waals surface area contributed by atoms with Gasteiger partial charge in [-0.25, -0.2) is 15.0 Å². The SMILES string of the molecule is Cc1ccc(NC(=O)c2cccc(C(=O)Nc3ccc(C)cn3)n2)nc1. The number of rotatable bonds is 4. The molecule has 3 aromatic rings. The minimum atomic E-state index is -0.440. The van der Waals surface area contributed by atoms with Gasteiger partial charge in [-0.2, -0.15) is 0 Å². The molecule has 0 saturated heterocycles. The molecule has 0 aliphatic carbocycles. The van der Waals surface area contributed by atoms with Crippen molar-refractivity contribution in [2.75, 3.05) is 10.6 Å². The Bertz CT molecular complexity index is 862. The summed E-state index contributed by atoms with van der Waals surface area (Å²) >= 11 is 0. The Balaban J connectivity index is 1.72. The first kappa shape index (κ1) is 17.2. The number of hydrogen-bond donors (Lipinski definition) is 2. The maximum atomic E-state index is 12.3. The van der Waals surface area contributed by atoms with Crippen molar-refractivity contribution in [1.82, 2.24) is 15.0 Å². The van der Waals surface area contributed by atoms with Crippen LogP contribution in [0.2, 0.25) is 0 Å². The molecule has 130 valence electrons. The number of aromatic nitrogens is 3. The van der Waals surface area contributed by atoms with E-state index in [1.54, 1.807) is 30.6 Å². The van der Waals surface area contributed by atoms with E-state index in [9.17, 15) is 9.59 Å². The highest BCUT2D eigenvalue weighted by Crippen LogP contribution is 2.09. The van der Waals surface area contributed by atoms with Crippen LogP contribution in [0.25, 0.3) is 0 Å². The molecule has 2 amide bonds. The van der Waals surface area contributed by atoms with Gasteiger partial charge < -0.3 is 10.6 Å². The molecule has 0 aliphatic rings. The van der Waals surface area contributed by atoms with Crippen LogP contribution in [0.4, 0.5) is 11.6 Å². The zero-order chi connectivity index (χ0) is 18.5. The van der Waals surface area contributed by atoms with Crippen molar-refractivity contribution >= 4 is 23.5 Å². The number of pyridine rings is 3. The Morgan fingerprint density at radius 1 is 0.731 bits per heavy atom. The molecule has 0 radical (unpaired) electrons. The summed E-state index contributed by atoms with van der Waals surface area (Å²) in [6, 6.07) is 11.7. The molecular formula is C19H17N5O2. The van der Waals surface area contributed by atoms with E-state index >= 15 is 0 Å². The molecule has 7 heteroatoms. The van der Waals surface area contributed by atoms with Gasteiger partial charge in [-0.15, -0.1) is 0 Å². The molecule has 0 atom stereocenters. The predicted molar refractivity (Wildman–Crippen MR) is 98.1 cm³/mol. The predicted octanol–water partition coefficient (Wildman–Crippen LogP) is 2.99. The third kappa shape index (κ3) is 4.27. The Morgan fingerprint density at radius 3 is 1.58 bits per heavy atom. The van der Waals surface area contributed by atoms with Gasteiger partial charge in [0.2, 0.25) is 0 Å². The maximum absolute atomic E-state index is 12.3. The molecule has 3 rings (SSSR count). The second-order valence-electron chi connectivity index (χ2n) is 5.76. The lowest BCUT2D eigenvalue weighted by Crippen LogP contribution is -2.19. The minimum Gasteiger partial charge on any atom is -0.305 e. The van der Waals surface area contributed by atoms with E-state index in [-0.39, 0.29) is 11.4 Å². The maximum Gasteiger partial charge on any atom is 0.275 e. The van der Waals surface area contributed by atoms with Crippen molar-refractivity contribution in [2.45, 2.75) is 13.8 Å². The third-order valence-corrected chi connectivity index (χ3v) is 3.52. The van der Waals surface area contributed by atoms with Gasteiger partial charge in [0.15, 0.2) is 0 Å². The average molecular weight is 347 g/mol. The number of hydrogen-bond acceptors (Lipinski definition) is 5. The monoisotopic (exact) mass is 347 g/mol. The van der Waals surface area contributed by atoms with Crippen LogP contribution in [0, 0.1) is 13.8 Å². The van der Waals surface area contributed by atoms with Crippen LogP contribution in [0.5, 0.6) is 0 Å². The number of nitrogens with zero attached hydrogens (tertiary/aromatic N) is 3. The van der Waals surface area contributed by atoms with Gasteiger partial charge in [0.25, 0.3) is 11.8 Å². The van der Waals surface area contributed by atoms with Gasteiger partial charge in [0, 0.05) is 12.4 Å². The highest BCUT2D eigenvalue weighted by atomic mass is 16.2. The molecule has 0 unspecified atom stereocenters. The molecular weight excluding hydrogens is 330 g/mol. The molecule has 0 fully saturated rings. The van der Waals surface area contributed by atoms with Crippen LogP contribution in [-0.4, -0.2) is 26.8 Å². The van der Waals surface area contributed by atoms with E-state index in [0.29, 0.717) is 11.6 Å². The second-order valence-corrected chi connectivity index (χ2v) is 5.76. The van der Waals surface area contributed by atoms with E-state index in [4.69, 9.17) is 0 Å². The number of aryl methyl sites for hydroxylation is 2. The molecule has 0 spiro atoms. The molecule has 0 saturated carbocycles. The minimum absolute atomic E-state index is 0.122. The first-order chi connectivity index (χ1) is 12.5. The number of carbonyl (C=O) groups excluding carboxylic acids is 2. The summed E-state index contributed by atoms with van der Waals surface area (Å²) in [4.78, 5) is 37.0. The van der Waals surface area contributed by atoms with E-state index in [2.05, 4.69) is 25.6 Å². The molecule has 0 aliphatic heterocycles. The molecule has 3 aromatic heterocycles. The van der Waals surface area contributed by atoms with Gasteiger partial charge in [-0.05, 0) is 49.2 Å². The fourth-order valence-corrected chi connectivity index (χ4v) is 2.13. The van der Waals surface area contributed by atoms with Crippen molar-refractivity contribution in [3.05, 3.63) is 77.4 Å². The Labute approximate surface area is 150 Å². The first-order valence-corrected chi connectivity index (χ1v) is 7.96. The van der Waals surface area contributed by atoms with Gasteiger partial charge in [-0.1, -0.05) is 18.2 Å². The van der Waals surface area contributed by atoms with Crippen LogP contribution in [0.15, 0.2) is 54.9 Å². The van der Waals surface area contributed by atoms with Crippen LogP contribution >= 0.6 is 0 Å². The molecule has 2 N–H and O–H groups in total. The first-order valence-electron chi connectivity index (χ1n) is 7.96. The summed E-state index contributed by atoms with van der Waals surface area (Å²) in [5, 5.41) is 5.30. The summed E-state index contributed by atoms with van der Waals surface area (Å²) in [5.74, 6) is -0.0452. The average Bonchev–Trinajstić information content (AvgIpc) is 2.65. The highest BCUT2D eigenvalue weighted by molar-refractivity contribution is 6.05. The Kier molecular flexibility index (Phi) is 4.98. The van der Waals surface area contributed by atoms with Crippen molar-refractivity contribution < 1.29 is 9.59 Å². The fraction of sp³-hybridized carbons (Fsp3) is 0.105. The Hall–Kier alpha value is -3.61. The van der Waals surface area contributed by atoms with Gasteiger partial charge in [-0.3, -0.25) is 9.59 Å². The van der Waals surface area contributed by atoms with Crippen molar-refractivity contribution in [2.24, 2.45) is 0 Å². The molecule has 7 nitrogen and oxygen atoms in total. The molecule has 26 heavy (non-hydrogen) atoms. The second kappa shape index (κ2) is 7.52. The van der Waals surface area contributed by atoms with Crippen molar-refractivity contribution in [3.8, 4) is 0 Å². The summed E-state index contributed by atoms with van der Waals surface area (Å²) in [5.41, 5.74) is 2.22. The summed E-state index contributed by atoms with van der Waals surface area (Å²) < 4.78 is 0. The summed E-state index contributed by atoms with van der Waals surface area (Å²) in [7, 11) is 0. The van der Waals surface area contributed by atoms with Gasteiger partial charge in [0.05, 0.1) is 0 Å². The largest absolute Gasteiger partial charge is 0.305 e. The quantitative estimate of drug-likeness (QED) is 0.756. The molecule has 3 heterocycles. The lowest BCUT2D eigenvalue weighted by molar-refractivity contribution is 0.101. The number of carbonyl (C=O) groups is 2. The lowest BCUT2D eigenvalue weighted by atomic mass is 10.2. The molecule has 0 aromatic carbocycles. The van der Waals surface area contributed by atoms with Crippen molar-refractivity contribution in [3.63, 3.8) is 0 Å². The van der Waals surface area contributed by atoms with E-state index in [1.165, 1.54) is 12.1 Å². The standard InChI is InChI=1S/C19H17N5O2/c1-12-6-8-16(20-10-12)23-18(25)14-4-3-5-15(22-14)19(26)24-17-9-7-13(2)11-21-17/h3-11H,1-2H3,(H,20,23,25)(H,21,24,26). The smallest absolute Gasteiger partial charge is 0.275 e. The zero-order valence-electron chi connectivity index (χ0n) is 14.4. The highest BCUT2D eigenvalue weighted by Gasteiger charge is 2.13. The normalized spacial score (nSPS) is 10.2. The lowest BCUT2D eigenvalue weighted by Gasteiger charge is -2.07. The summed E-state index contributed by atoms with van der Waals surface area (Å²) in [6.45, 7) is 3.82. The number of amides is 2. The number of nitrogens with one attached hydrogen (secondary N) is 2. The van der Waals surface area contributed by atoms with E-state index in [1.807, 2.05) is 26.0 Å². The van der Waals surface area contributed by atoms with Gasteiger partial charge in [0.1, 0.15) is 23.0 Å². The molecule has 0 bridgehead atoms. The number of anilines is 2. The van der Waals surface area contributed by atoms with Crippen LogP contribution in [0.3, 0.4) is 0 Å². The topological polar surface area (TPSA) is 96.9 Å². The fourth-order valence-electron chi connectivity index (χ4n) is 2.13. The van der Waals surface area contributed by atoms with Crippen LogP contribution < -0.4 is 10.6 Å². The zero-order valence-corrected chi connectivity index (χ0v) is 14.4.